The highest BCUT2D eigenvalue weighted by Gasteiger charge is 2.16. The maximum absolute atomic E-state index is 12.3. The molecule has 0 bridgehead atoms. The number of hydrogen-bond donors (Lipinski definition) is 1. The van der Waals surface area contributed by atoms with Crippen molar-refractivity contribution < 1.29 is 13.5 Å². The first-order valence-electron chi connectivity index (χ1n) is 6.40. The summed E-state index contributed by atoms with van der Waals surface area (Å²) in [7, 11) is 1.84. The molecule has 0 aromatic heterocycles. The van der Waals surface area contributed by atoms with Crippen LogP contribution in [0.4, 0.5) is 8.78 Å². The molecule has 0 aliphatic heterocycles. The van der Waals surface area contributed by atoms with Crippen LogP contribution in [0.3, 0.4) is 0 Å². The van der Waals surface area contributed by atoms with Crippen LogP contribution >= 0.6 is 0 Å². The van der Waals surface area contributed by atoms with Crippen LogP contribution in [-0.2, 0) is 0 Å². The summed E-state index contributed by atoms with van der Waals surface area (Å²) in [5.41, 5.74) is 0.802. The SMILES string of the molecule is CCCCCC(NC)c1ccccc1OC(F)F. The predicted molar refractivity (Wildman–Crippen MR) is 69.0 cm³/mol. The zero-order valence-electron chi connectivity index (χ0n) is 11.0. The maximum atomic E-state index is 12.3. The number of nitrogens with one attached hydrogen (secondary N) is 1. The number of hydrogen-bond acceptors (Lipinski definition) is 2. The molecule has 0 aliphatic rings. The van der Waals surface area contributed by atoms with Gasteiger partial charge in [0.2, 0.25) is 0 Å². The first-order chi connectivity index (χ1) is 8.69. The Kier molecular flexibility index (Phi) is 6.65. The molecule has 1 rings (SSSR count). The molecule has 18 heavy (non-hydrogen) atoms. The molecule has 0 saturated carbocycles. The molecule has 2 nitrogen and oxygen atoms in total. The number of para-hydroxylation sites is 1. The van der Waals surface area contributed by atoms with E-state index >= 15 is 0 Å². The average Bonchev–Trinajstić information content (AvgIpc) is 2.35. The van der Waals surface area contributed by atoms with Crippen LogP contribution in [0.1, 0.15) is 44.2 Å². The maximum Gasteiger partial charge on any atom is 0.387 e. The van der Waals surface area contributed by atoms with Crippen LogP contribution in [0, 0.1) is 0 Å². The van der Waals surface area contributed by atoms with E-state index in [1.165, 1.54) is 0 Å². The lowest BCUT2D eigenvalue weighted by Crippen LogP contribution is -2.18. The molecule has 0 radical (unpaired) electrons. The van der Waals surface area contributed by atoms with E-state index in [-0.39, 0.29) is 11.8 Å². The minimum atomic E-state index is -2.78. The number of unbranched alkanes of at least 4 members (excludes halogenated alkanes) is 2. The van der Waals surface area contributed by atoms with Crippen LogP contribution in [0.2, 0.25) is 0 Å². The minimum Gasteiger partial charge on any atom is -0.434 e. The van der Waals surface area contributed by atoms with E-state index in [9.17, 15) is 8.78 Å². The van der Waals surface area contributed by atoms with Gasteiger partial charge in [0.1, 0.15) is 5.75 Å². The van der Waals surface area contributed by atoms with Crippen molar-refractivity contribution in [1.82, 2.24) is 5.32 Å². The molecule has 0 fully saturated rings. The van der Waals surface area contributed by atoms with E-state index < -0.39 is 6.61 Å². The molecule has 1 aromatic carbocycles. The summed E-state index contributed by atoms with van der Waals surface area (Å²) in [5, 5.41) is 3.17. The topological polar surface area (TPSA) is 21.3 Å². The molecule has 0 spiro atoms. The molecule has 4 heteroatoms. The van der Waals surface area contributed by atoms with Gasteiger partial charge in [-0.1, -0.05) is 44.4 Å². The molecule has 1 unspecified atom stereocenters. The Bertz CT molecular complexity index is 344. The van der Waals surface area contributed by atoms with Gasteiger partial charge in [0.05, 0.1) is 0 Å². The van der Waals surface area contributed by atoms with Crippen molar-refractivity contribution in [2.45, 2.75) is 45.3 Å². The molecule has 0 amide bonds. The lowest BCUT2D eigenvalue weighted by Gasteiger charge is -2.19. The van der Waals surface area contributed by atoms with E-state index in [1.54, 1.807) is 12.1 Å². The van der Waals surface area contributed by atoms with E-state index in [0.717, 1.165) is 31.2 Å². The summed E-state index contributed by atoms with van der Waals surface area (Å²) in [6, 6.07) is 7.04. The zero-order valence-corrected chi connectivity index (χ0v) is 11.0. The van der Waals surface area contributed by atoms with Gasteiger partial charge in [-0.05, 0) is 19.5 Å². The second-order valence-corrected chi connectivity index (χ2v) is 4.25. The van der Waals surface area contributed by atoms with Gasteiger partial charge in [-0.3, -0.25) is 0 Å². The van der Waals surface area contributed by atoms with Gasteiger partial charge >= 0.3 is 6.61 Å². The molecule has 1 aromatic rings. The number of rotatable bonds is 8. The van der Waals surface area contributed by atoms with Gasteiger partial charge in [-0.25, -0.2) is 0 Å². The summed E-state index contributed by atoms with van der Waals surface area (Å²) < 4.78 is 29.2. The number of ether oxygens (including phenoxy) is 1. The lowest BCUT2D eigenvalue weighted by atomic mass is 10.00. The fourth-order valence-corrected chi connectivity index (χ4v) is 2.03. The monoisotopic (exact) mass is 257 g/mol. The Balaban J connectivity index is 2.77. The van der Waals surface area contributed by atoms with Gasteiger partial charge in [-0.15, -0.1) is 0 Å². The normalized spacial score (nSPS) is 12.7. The first-order valence-corrected chi connectivity index (χ1v) is 6.40. The van der Waals surface area contributed by atoms with Crippen molar-refractivity contribution in [2.75, 3.05) is 7.05 Å². The van der Waals surface area contributed by atoms with E-state index in [0.29, 0.717) is 0 Å². The second kappa shape index (κ2) is 8.03. The standard InChI is InChI=1S/C14H21F2NO/c1-3-4-5-9-12(17-2)11-8-6-7-10-13(11)18-14(15)16/h6-8,10,12,14,17H,3-5,9H2,1-2H3. The molecule has 1 N–H and O–H groups in total. The summed E-state index contributed by atoms with van der Waals surface area (Å²) in [6.45, 7) is -0.637. The summed E-state index contributed by atoms with van der Waals surface area (Å²) in [4.78, 5) is 0. The third kappa shape index (κ3) is 4.61. The predicted octanol–water partition coefficient (Wildman–Crippen LogP) is 4.13. The summed E-state index contributed by atoms with van der Waals surface area (Å²) in [5.74, 6) is 0.267. The van der Waals surface area contributed by atoms with E-state index in [2.05, 4.69) is 17.0 Å². The Morgan fingerprint density at radius 2 is 1.94 bits per heavy atom. The van der Waals surface area contributed by atoms with Crippen molar-refractivity contribution >= 4 is 0 Å². The number of halogens is 2. The molecule has 0 aliphatic carbocycles. The van der Waals surface area contributed by atoms with Crippen molar-refractivity contribution in [3.05, 3.63) is 29.8 Å². The highest BCUT2D eigenvalue weighted by Crippen LogP contribution is 2.29. The molecular weight excluding hydrogens is 236 g/mol. The van der Waals surface area contributed by atoms with Crippen molar-refractivity contribution in [3.63, 3.8) is 0 Å². The third-order valence-electron chi connectivity index (χ3n) is 2.96. The average molecular weight is 257 g/mol. The Morgan fingerprint density at radius 1 is 1.22 bits per heavy atom. The van der Waals surface area contributed by atoms with Gasteiger partial charge < -0.3 is 10.1 Å². The Labute approximate surface area is 107 Å². The molecule has 0 saturated heterocycles. The van der Waals surface area contributed by atoms with Crippen LogP contribution < -0.4 is 10.1 Å². The summed E-state index contributed by atoms with van der Waals surface area (Å²) >= 11 is 0. The van der Waals surface area contributed by atoms with Gasteiger partial charge in [0.25, 0.3) is 0 Å². The van der Waals surface area contributed by atoms with E-state index in [4.69, 9.17) is 0 Å². The molecule has 1 atom stereocenters. The van der Waals surface area contributed by atoms with E-state index in [1.807, 2.05) is 19.2 Å². The van der Waals surface area contributed by atoms with Crippen molar-refractivity contribution in [1.29, 1.82) is 0 Å². The fraction of sp³-hybridized carbons (Fsp3) is 0.571. The highest BCUT2D eigenvalue weighted by atomic mass is 19.3. The van der Waals surface area contributed by atoms with Gasteiger partial charge in [0.15, 0.2) is 0 Å². The van der Waals surface area contributed by atoms with Crippen molar-refractivity contribution in [2.24, 2.45) is 0 Å². The number of alkyl halides is 2. The summed E-state index contributed by atoms with van der Waals surface area (Å²) in [6.07, 6.45) is 4.29. The van der Waals surface area contributed by atoms with Crippen LogP contribution in [0.15, 0.2) is 24.3 Å². The Morgan fingerprint density at radius 3 is 2.56 bits per heavy atom. The zero-order chi connectivity index (χ0) is 13.4. The minimum absolute atomic E-state index is 0.0616. The van der Waals surface area contributed by atoms with Crippen LogP contribution in [0.5, 0.6) is 5.75 Å². The largest absolute Gasteiger partial charge is 0.434 e. The molecule has 0 heterocycles. The fourth-order valence-electron chi connectivity index (χ4n) is 2.03. The van der Waals surface area contributed by atoms with Crippen LogP contribution in [-0.4, -0.2) is 13.7 Å². The highest BCUT2D eigenvalue weighted by molar-refractivity contribution is 5.35. The molecule has 102 valence electrons. The number of benzene rings is 1. The van der Waals surface area contributed by atoms with Gasteiger partial charge in [0, 0.05) is 11.6 Å². The quantitative estimate of drug-likeness (QED) is 0.707. The van der Waals surface area contributed by atoms with Crippen molar-refractivity contribution in [3.8, 4) is 5.75 Å². The molecular formula is C14H21F2NO. The first kappa shape index (κ1) is 14.9. The van der Waals surface area contributed by atoms with Crippen LogP contribution in [0.25, 0.3) is 0 Å². The lowest BCUT2D eigenvalue weighted by molar-refractivity contribution is -0.0507. The Hall–Kier alpha value is -1.16. The van der Waals surface area contributed by atoms with Gasteiger partial charge in [-0.2, -0.15) is 8.78 Å². The third-order valence-corrected chi connectivity index (χ3v) is 2.96. The smallest absolute Gasteiger partial charge is 0.387 e. The second-order valence-electron chi connectivity index (χ2n) is 4.25.